The van der Waals surface area contributed by atoms with Gasteiger partial charge >= 0.3 is 0 Å². The van der Waals surface area contributed by atoms with Crippen LogP contribution in [-0.2, 0) is 26.6 Å². The van der Waals surface area contributed by atoms with Gasteiger partial charge in [-0.15, -0.1) is 0 Å². The topological polar surface area (TPSA) is 115 Å². The van der Waals surface area contributed by atoms with E-state index in [0.29, 0.717) is 43.1 Å². The lowest BCUT2D eigenvalue weighted by molar-refractivity contribution is 0.187. The van der Waals surface area contributed by atoms with Crippen LogP contribution in [0.5, 0.6) is 5.75 Å². The highest BCUT2D eigenvalue weighted by molar-refractivity contribution is 7.92. The van der Waals surface area contributed by atoms with E-state index in [2.05, 4.69) is 4.72 Å². The fraction of sp³-hybridized carbons (Fsp3) is 0.476. The average Bonchev–Trinajstić information content (AvgIpc) is 2.75. The Hall–Kier alpha value is -2.37. The van der Waals surface area contributed by atoms with E-state index in [1.54, 1.807) is 23.6 Å². The summed E-state index contributed by atoms with van der Waals surface area (Å²) >= 11 is 0. The molecule has 9 nitrogen and oxygen atoms in total. The minimum Gasteiger partial charge on any atom is -0.497 e. The summed E-state index contributed by atoms with van der Waals surface area (Å²) in [4.78, 5) is 12.7. The Bertz CT molecular complexity index is 1270. The van der Waals surface area contributed by atoms with Gasteiger partial charge in [-0.1, -0.05) is 6.92 Å². The number of anilines is 1. The molecule has 11 heteroatoms. The molecule has 2 aliphatic rings. The van der Waals surface area contributed by atoms with Crippen molar-refractivity contribution in [1.29, 1.82) is 0 Å². The maximum absolute atomic E-state index is 13.3. The normalized spacial score (nSPS) is 21.1. The highest BCUT2D eigenvalue weighted by Crippen LogP contribution is 2.40. The van der Waals surface area contributed by atoms with Gasteiger partial charge in [0.05, 0.1) is 23.4 Å². The highest BCUT2D eigenvalue weighted by atomic mass is 32.2. The number of rotatable bonds is 7. The van der Waals surface area contributed by atoms with Crippen molar-refractivity contribution in [2.75, 3.05) is 30.7 Å². The number of nitrogens with zero attached hydrogens (tertiary/aromatic N) is 2. The van der Waals surface area contributed by atoms with Crippen molar-refractivity contribution in [3.05, 3.63) is 52.4 Å². The van der Waals surface area contributed by atoms with Gasteiger partial charge in [-0.05, 0) is 49.1 Å². The van der Waals surface area contributed by atoms with Crippen LogP contribution in [-0.4, -0.2) is 51.7 Å². The second-order valence-corrected chi connectivity index (χ2v) is 12.1. The van der Waals surface area contributed by atoms with Crippen LogP contribution in [0.1, 0.15) is 31.4 Å². The number of ether oxygens (including phenoxy) is 1. The fourth-order valence-corrected chi connectivity index (χ4v) is 7.35. The first-order valence-corrected chi connectivity index (χ1v) is 13.6. The van der Waals surface area contributed by atoms with Crippen LogP contribution < -0.4 is 15.0 Å². The van der Waals surface area contributed by atoms with E-state index in [4.69, 9.17) is 4.74 Å². The van der Waals surface area contributed by atoms with Gasteiger partial charge in [0.2, 0.25) is 20.0 Å². The summed E-state index contributed by atoms with van der Waals surface area (Å²) in [5.41, 5.74) is 0.702. The predicted molar refractivity (Wildman–Crippen MR) is 121 cm³/mol. The minimum atomic E-state index is -3.75. The summed E-state index contributed by atoms with van der Waals surface area (Å²) in [6.45, 7) is 2.61. The molecule has 4 rings (SSSR count). The van der Waals surface area contributed by atoms with Crippen molar-refractivity contribution in [1.82, 2.24) is 8.87 Å². The number of nitrogens with one attached hydrogen (secondary N) is 1. The van der Waals surface area contributed by atoms with Crippen molar-refractivity contribution in [3.63, 3.8) is 0 Å². The number of fused-ring (bicyclic) bond motifs is 4. The van der Waals surface area contributed by atoms with E-state index in [-0.39, 0.29) is 34.6 Å². The highest BCUT2D eigenvalue weighted by Gasteiger charge is 2.41. The minimum absolute atomic E-state index is 0.0309. The maximum atomic E-state index is 13.3. The molecule has 32 heavy (non-hydrogen) atoms. The molecule has 1 aromatic heterocycles. The SMILES string of the molecule is CCCS(=O)(=O)Nc1ccc(=O)n2c1[C@@H]1C[C@@H](CN(S(=O)(=O)c3ccc(OC)cc3)C1)C2. The Balaban J connectivity index is 1.69. The molecule has 0 spiro atoms. The lowest BCUT2D eigenvalue weighted by Crippen LogP contribution is -2.49. The Morgan fingerprint density at radius 3 is 2.41 bits per heavy atom. The van der Waals surface area contributed by atoms with Gasteiger partial charge in [-0.3, -0.25) is 9.52 Å². The predicted octanol–water partition coefficient (Wildman–Crippen LogP) is 1.82. The summed E-state index contributed by atoms with van der Waals surface area (Å²) in [6, 6.07) is 9.09. The molecule has 1 fully saturated rings. The quantitative estimate of drug-likeness (QED) is 0.645. The van der Waals surface area contributed by atoms with Crippen LogP contribution in [0.3, 0.4) is 0 Å². The first-order chi connectivity index (χ1) is 15.1. The third-order valence-electron chi connectivity index (χ3n) is 5.99. The molecule has 0 unspecified atom stereocenters. The Labute approximate surface area is 188 Å². The summed E-state index contributed by atoms with van der Waals surface area (Å²) in [7, 11) is -5.79. The summed E-state index contributed by atoms with van der Waals surface area (Å²) in [5.74, 6) is 0.214. The zero-order valence-corrected chi connectivity index (χ0v) is 19.7. The Morgan fingerprint density at radius 1 is 1.03 bits per heavy atom. The monoisotopic (exact) mass is 481 g/mol. The number of sulfonamides is 2. The molecule has 0 saturated carbocycles. The van der Waals surface area contributed by atoms with E-state index in [1.165, 1.54) is 35.7 Å². The number of pyridine rings is 1. The molecular formula is C21H27N3O6S2. The molecule has 0 amide bonds. The molecule has 174 valence electrons. The van der Waals surface area contributed by atoms with Crippen LogP contribution in [0.4, 0.5) is 5.69 Å². The van der Waals surface area contributed by atoms with Gasteiger partial charge in [-0.25, -0.2) is 16.8 Å². The number of hydrogen-bond donors (Lipinski definition) is 1. The molecule has 1 saturated heterocycles. The molecule has 1 N–H and O–H groups in total. The first kappa shape index (κ1) is 22.8. The number of aromatic nitrogens is 1. The van der Waals surface area contributed by atoms with E-state index in [0.717, 1.165) is 0 Å². The van der Waals surface area contributed by atoms with E-state index in [1.807, 2.05) is 0 Å². The molecule has 2 aliphatic heterocycles. The Morgan fingerprint density at radius 2 is 1.75 bits per heavy atom. The van der Waals surface area contributed by atoms with Crippen LogP contribution in [0.25, 0.3) is 0 Å². The molecular weight excluding hydrogens is 454 g/mol. The van der Waals surface area contributed by atoms with Crippen LogP contribution in [0.15, 0.2) is 46.1 Å². The molecule has 2 bridgehead atoms. The maximum Gasteiger partial charge on any atom is 0.250 e. The van der Waals surface area contributed by atoms with Crippen LogP contribution >= 0.6 is 0 Å². The molecule has 0 aliphatic carbocycles. The van der Waals surface area contributed by atoms with Crippen molar-refractivity contribution < 1.29 is 21.6 Å². The standard InChI is InChI=1S/C21H27N3O6S2/c1-3-10-31(26,27)22-19-8-9-20(25)24-13-15-11-16(21(19)24)14-23(12-15)32(28,29)18-6-4-17(30-2)5-7-18/h4-9,15-16,22H,3,10-14H2,1-2H3/t15-,16+/m0/s1. The number of methoxy groups -OCH3 is 1. The molecule has 0 radical (unpaired) electrons. The van der Waals surface area contributed by atoms with Crippen LogP contribution in [0, 0.1) is 5.92 Å². The van der Waals surface area contributed by atoms with E-state index in [9.17, 15) is 21.6 Å². The van der Waals surface area contributed by atoms with E-state index < -0.39 is 20.0 Å². The average molecular weight is 482 g/mol. The van der Waals surface area contributed by atoms with Gasteiger partial charge in [0, 0.05) is 37.3 Å². The largest absolute Gasteiger partial charge is 0.497 e. The smallest absolute Gasteiger partial charge is 0.250 e. The van der Waals surface area contributed by atoms with Gasteiger partial charge in [0.15, 0.2) is 0 Å². The third-order valence-corrected chi connectivity index (χ3v) is 9.31. The number of piperidine rings is 1. The first-order valence-electron chi connectivity index (χ1n) is 10.5. The van der Waals surface area contributed by atoms with Gasteiger partial charge in [-0.2, -0.15) is 4.31 Å². The third kappa shape index (κ3) is 4.28. The Kier molecular flexibility index (Phi) is 6.08. The van der Waals surface area contributed by atoms with Gasteiger partial charge in [0.25, 0.3) is 5.56 Å². The summed E-state index contributed by atoms with van der Waals surface area (Å²) in [5, 5.41) is 0. The van der Waals surface area contributed by atoms with Gasteiger partial charge in [0.1, 0.15) is 5.75 Å². The number of benzene rings is 1. The van der Waals surface area contributed by atoms with Crippen molar-refractivity contribution in [2.45, 2.75) is 37.1 Å². The molecule has 3 heterocycles. The second kappa shape index (κ2) is 8.53. The lowest BCUT2D eigenvalue weighted by atomic mass is 9.83. The van der Waals surface area contributed by atoms with E-state index >= 15 is 0 Å². The fourth-order valence-electron chi connectivity index (χ4n) is 4.64. The summed E-state index contributed by atoms with van der Waals surface area (Å²) < 4.78 is 62.1. The summed E-state index contributed by atoms with van der Waals surface area (Å²) in [6.07, 6.45) is 1.16. The lowest BCUT2D eigenvalue weighted by Gasteiger charge is -2.42. The zero-order valence-electron chi connectivity index (χ0n) is 18.0. The van der Waals surface area contributed by atoms with Crippen molar-refractivity contribution in [2.24, 2.45) is 5.92 Å². The molecule has 2 aromatic rings. The van der Waals surface area contributed by atoms with Gasteiger partial charge < -0.3 is 9.30 Å². The molecule has 1 aromatic carbocycles. The van der Waals surface area contributed by atoms with Crippen LogP contribution in [0.2, 0.25) is 0 Å². The molecule has 2 atom stereocenters. The van der Waals surface area contributed by atoms with Crippen molar-refractivity contribution in [3.8, 4) is 5.75 Å². The second-order valence-electron chi connectivity index (χ2n) is 8.30. The number of hydrogen-bond acceptors (Lipinski definition) is 6. The van der Waals surface area contributed by atoms with Crippen molar-refractivity contribution >= 4 is 25.7 Å². The zero-order chi connectivity index (χ0) is 23.1.